The van der Waals surface area contributed by atoms with Gasteiger partial charge in [0, 0.05) is 18.6 Å². The van der Waals surface area contributed by atoms with Gasteiger partial charge in [-0.05, 0) is 50.7 Å². The number of aromatic nitrogens is 3. The number of hydrogen-bond donors (Lipinski definition) is 2. The highest BCUT2D eigenvalue weighted by Gasteiger charge is 2.21. The van der Waals surface area contributed by atoms with Gasteiger partial charge in [0.05, 0.1) is 27.7 Å². The molecule has 0 spiro atoms. The Morgan fingerprint density at radius 1 is 1.39 bits per heavy atom. The molecule has 152 valence electrons. The third-order valence-electron chi connectivity index (χ3n) is 4.71. The average molecular weight is 442 g/mol. The summed E-state index contributed by atoms with van der Waals surface area (Å²) >= 11 is 1.62. The molecule has 6 nitrogen and oxygen atoms in total. The zero-order valence-electron chi connectivity index (χ0n) is 15.8. The van der Waals surface area contributed by atoms with E-state index in [9.17, 15) is 4.79 Å². The molecule has 1 fully saturated rings. The van der Waals surface area contributed by atoms with Crippen molar-refractivity contribution in [1.29, 1.82) is 0 Å². The molecule has 1 atom stereocenters. The number of piperidine rings is 1. The van der Waals surface area contributed by atoms with Crippen LogP contribution in [0, 0.1) is 0 Å². The lowest BCUT2D eigenvalue weighted by Crippen LogP contribution is -2.45. The van der Waals surface area contributed by atoms with Crippen molar-refractivity contribution in [2.24, 2.45) is 0 Å². The number of amides is 1. The number of carbonyl (C=O) groups is 1. The molecule has 0 aliphatic carbocycles. The van der Waals surface area contributed by atoms with Crippen molar-refractivity contribution in [1.82, 2.24) is 25.4 Å². The maximum atomic E-state index is 13.0. The fraction of sp³-hybridized carbons (Fsp3) is 0.421. The van der Waals surface area contributed by atoms with Crippen LogP contribution in [0.2, 0.25) is 0 Å². The normalized spacial score (nSPS) is 16.5. The SMILES string of the molecule is CC(C)n1ncc2c(C(=O)N[C@H]3CCCNC3)cc(-c3cccs3)nc21.Cl.Cl. The van der Waals surface area contributed by atoms with Gasteiger partial charge in [0.25, 0.3) is 5.91 Å². The molecule has 1 aliphatic rings. The molecule has 0 saturated carbocycles. The fourth-order valence-corrected chi connectivity index (χ4v) is 4.06. The second-order valence-electron chi connectivity index (χ2n) is 6.97. The molecular formula is C19H25Cl2N5OS. The maximum Gasteiger partial charge on any atom is 0.252 e. The van der Waals surface area contributed by atoms with Gasteiger partial charge in [0.2, 0.25) is 0 Å². The number of fused-ring (bicyclic) bond motifs is 1. The summed E-state index contributed by atoms with van der Waals surface area (Å²) in [6, 6.07) is 6.27. The number of thiophene rings is 1. The van der Waals surface area contributed by atoms with Crippen LogP contribution in [0.3, 0.4) is 0 Å². The van der Waals surface area contributed by atoms with E-state index in [4.69, 9.17) is 4.98 Å². The molecule has 0 aromatic carbocycles. The quantitative estimate of drug-likeness (QED) is 0.639. The summed E-state index contributed by atoms with van der Waals surface area (Å²) in [4.78, 5) is 18.9. The molecule has 4 heterocycles. The smallest absolute Gasteiger partial charge is 0.252 e. The Kier molecular flexibility index (Phi) is 7.83. The van der Waals surface area contributed by atoms with Crippen LogP contribution >= 0.6 is 36.2 Å². The zero-order chi connectivity index (χ0) is 18.1. The number of halogens is 2. The largest absolute Gasteiger partial charge is 0.348 e. The van der Waals surface area contributed by atoms with Crippen LogP contribution in [0.15, 0.2) is 29.8 Å². The summed E-state index contributed by atoms with van der Waals surface area (Å²) in [7, 11) is 0. The molecule has 4 rings (SSSR count). The molecule has 3 aromatic rings. The first kappa shape index (κ1) is 22.6. The number of pyridine rings is 1. The van der Waals surface area contributed by atoms with E-state index >= 15 is 0 Å². The topological polar surface area (TPSA) is 71.8 Å². The lowest BCUT2D eigenvalue weighted by atomic mass is 10.1. The number of hydrogen-bond acceptors (Lipinski definition) is 5. The molecule has 0 unspecified atom stereocenters. The second kappa shape index (κ2) is 9.69. The molecule has 1 aliphatic heterocycles. The lowest BCUT2D eigenvalue weighted by molar-refractivity contribution is 0.0932. The molecule has 1 amide bonds. The first-order valence-electron chi connectivity index (χ1n) is 9.07. The van der Waals surface area contributed by atoms with E-state index in [-0.39, 0.29) is 42.8 Å². The number of nitrogens with one attached hydrogen (secondary N) is 2. The third kappa shape index (κ3) is 4.49. The van der Waals surface area contributed by atoms with E-state index in [1.807, 2.05) is 28.3 Å². The minimum atomic E-state index is -0.0489. The average Bonchev–Trinajstić information content (AvgIpc) is 3.31. The van der Waals surface area contributed by atoms with E-state index in [1.165, 1.54) is 0 Å². The van der Waals surface area contributed by atoms with E-state index in [2.05, 4.69) is 29.6 Å². The van der Waals surface area contributed by atoms with Gasteiger partial charge in [0.1, 0.15) is 0 Å². The van der Waals surface area contributed by atoms with Crippen LogP contribution in [-0.2, 0) is 0 Å². The van der Waals surface area contributed by atoms with Gasteiger partial charge in [-0.2, -0.15) is 5.10 Å². The van der Waals surface area contributed by atoms with Crippen LogP contribution in [0.5, 0.6) is 0 Å². The predicted molar refractivity (Wildman–Crippen MR) is 119 cm³/mol. The van der Waals surface area contributed by atoms with Crippen molar-refractivity contribution >= 4 is 53.1 Å². The van der Waals surface area contributed by atoms with E-state index < -0.39 is 0 Å². The van der Waals surface area contributed by atoms with Crippen LogP contribution in [0.25, 0.3) is 21.6 Å². The first-order chi connectivity index (χ1) is 12.6. The Bertz CT molecular complexity index is 920. The molecule has 2 N–H and O–H groups in total. The van der Waals surface area contributed by atoms with Crippen molar-refractivity contribution in [2.75, 3.05) is 13.1 Å². The maximum absolute atomic E-state index is 13.0. The number of rotatable bonds is 4. The van der Waals surface area contributed by atoms with Crippen molar-refractivity contribution in [3.05, 3.63) is 35.3 Å². The van der Waals surface area contributed by atoms with Crippen molar-refractivity contribution in [2.45, 2.75) is 38.8 Å². The fourth-order valence-electron chi connectivity index (χ4n) is 3.37. The van der Waals surface area contributed by atoms with Gasteiger partial charge in [-0.15, -0.1) is 36.2 Å². The zero-order valence-corrected chi connectivity index (χ0v) is 18.3. The highest BCUT2D eigenvalue weighted by atomic mass is 35.5. The van der Waals surface area contributed by atoms with Gasteiger partial charge in [-0.25, -0.2) is 9.67 Å². The van der Waals surface area contributed by atoms with E-state index in [1.54, 1.807) is 17.5 Å². The number of nitrogens with zero attached hydrogens (tertiary/aromatic N) is 3. The Morgan fingerprint density at radius 3 is 2.86 bits per heavy atom. The van der Waals surface area contributed by atoms with Crippen molar-refractivity contribution < 1.29 is 4.79 Å². The summed E-state index contributed by atoms with van der Waals surface area (Å²) in [6.45, 7) is 5.98. The third-order valence-corrected chi connectivity index (χ3v) is 5.60. The van der Waals surface area contributed by atoms with Crippen LogP contribution < -0.4 is 10.6 Å². The van der Waals surface area contributed by atoms with Crippen LogP contribution in [0.1, 0.15) is 43.1 Å². The first-order valence-corrected chi connectivity index (χ1v) is 9.95. The van der Waals surface area contributed by atoms with Gasteiger partial charge < -0.3 is 10.6 Å². The Hall–Kier alpha value is -1.67. The highest BCUT2D eigenvalue weighted by Crippen LogP contribution is 2.29. The van der Waals surface area contributed by atoms with Gasteiger partial charge in [-0.3, -0.25) is 4.79 Å². The molecule has 0 bridgehead atoms. The monoisotopic (exact) mass is 441 g/mol. The minimum Gasteiger partial charge on any atom is -0.348 e. The molecular weight excluding hydrogens is 417 g/mol. The molecule has 0 radical (unpaired) electrons. The summed E-state index contributed by atoms with van der Waals surface area (Å²) in [5, 5.41) is 13.8. The molecule has 3 aromatic heterocycles. The predicted octanol–water partition coefficient (Wildman–Crippen LogP) is 4.07. The lowest BCUT2D eigenvalue weighted by Gasteiger charge is -2.24. The van der Waals surface area contributed by atoms with Gasteiger partial charge in [0.15, 0.2) is 5.65 Å². The summed E-state index contributed by atoms with van der Waals surface area (Å²) in [5.74, 6) is -0.0489. The van der Waals surface area contributed by atoms with Crippen LogP contribution in [-0.4, -0.2) is 39.8 Å². The summed E-state index contributed by atoms with van der Waals surface area (Å²) in [5.41, 5.74) is 2.23. The number of carbonyl (C=O) groups excluding carboxylic acids is 1. The summed E-state index contributed by atoms with van der Waals surface area (Å²) < 4.78 is 1.88. The molecule has 9 heteroatoms. The second-order valence-corrected chi connectivity index (χ2v) is 7.92. The Morgan fingerprint density at radius 2 is 2.21 bits per heavy atom. The molecule has 1 saturated heterocycles. The van der Waals surface area contributed by atoms with Crippen LogP contribution in [0.4, 0.5) is 0 Å². The molecule has 28 heavy (non-hydrogen) atoms. The highest BCUT2D eigenvalue weighted by molar-refractivity contribution is 7.13. The Labute approximate surface area is 180 Å². The van der Waals surface area contributed by atoms with Crippen molar-refractivity contribution in [3.8, 4) is 10.6 Å². The minimum absolute atomic E-state index is 0. The van der Waals surface area contributed by atoms with E-state index in [0.717, 1.165) is 47.5 Å². The van der Waals surface area contributed by atoms with E-state index in [0.29, 0.717) is 5.56 Å². The van der Waals surface area contributed by atoms with Gasteiger partial charge in [-0.1, -0.05) is 6.07 Å². The van der Waals surface area contributed by atoms with Crippen molar-refractivity contribution in [3.63, 3.8) is 0 Å². The Balaban J connectivity index is 0.00000140. The van der Waals surface area contributed by atoms with Gasteiger partial charge >= 0.3 is 0 Å². The summed E-state index contributed by atoms with van der Waals surface area (Å²) in [6.07, 6.45) is 3.85. The standard InChI is InChI=1S/C19H23N5OS.2ClH/c1-12(2)24-18-15(11-21-24)14(9-16(23-18)17-6-4-8-26-17)19(25)22-13-5-3-7-20-10-13;;/h4,6,8-9,11-13,20H,3,5,7,10H2,1-2H3,(H,22,25);2*1H/t13-;;/m0../s1.